The number of amides is 1. The number of carbonyl (C=O) groups excluding carboxylic acids is 1. The van der Waals surface area contributed by atoms with Crippen LogP contribution in [0.4, 0.5) is 5.69 Å². The van der Waals surface area contributed by atoms with E-state index in [0.717, 1.165) is 37.1 Å². The van der Waals surface area contributed by atoms with E-state index < -0.39 is 0 Å². The minimum Gasteiger partial charge on any atom is -0.395 e. The summed E-state index contributed by atoms with van der Waals surface area (Å²) in [5, 5.41) is 19.1. The average molecular weight is 350 g/mol. The van der Waals surface area contributed by atoms with Crippen LogP contribution < -0.4 is 4.90 Å². The number of hydrogen-bond donors (Lipinski definition) is 1. The number of nitrogens with zero attached hydrogens (tertiary/aromatic N) is 3. The molecule has 24 heavy (non-hydrogen) atoms. The van der Waals surface area contributed by atoms with Gasteiger partial charge in [-0.25, -0.2) is 0 Å². The Balaban J connectivity index is 2.15. The van der Waals surface area contributed by atoms with Crippen LogP contribution in [0.3, 0.4) is 0 Å². The van der Waals surface area contributed by atoms with Crippen LogP contribution in [0, 0.1) is 18.3 Å². The minimum absolute atomic E-state index is 0.0486. The van der Waals surface area contributed by atoms with E-state index in [-0.39, 0.29) is 31.5 Å². The van der Waals surface area contributed by atoms with Crippen molar-refractivity contribution in [3.63, 3.8) is 0 Å². The van der Waals surface area contributed by atoms with Crippen molar-refractivity contribution in [2.45, 2.75) is 38.6 Å². The molecule has 1 aromatic rings. The standard InChI is InChI=1S/C18H24ClN3O2/c1-14-11-15(6-7-17(14)19)22(10-4-8-20)18(24)12-21-9-3-2-5-16(21)13-23/h6-7,11,16,23H,2-5,9-10,12-13H2,1H3. The normalized spacial score (nSPS) is 18.2. The van der Waals surface area contributed by atoms with E-state index in [1.54, 1.807) is 11.0 Å². The van der Waals surface area contributed by atoms with Crippen molar-refractivity contribution in [1.82, 2.24) is 4.90 Å². The third-order valence-electron chi connectivity index (χ3n) is 4.50. The smallest absolute Gasteiger partial charge is 0.241 e. The number of aliphatic hydroxyl groups is 1. The number of likely N-dealkylation sites (tertiary alicyclic amines) is 1. The fourth-order valence-corrected chi connectivity index (χ4v) is 3.21. The molecule has 0 saturated carbocycles. The molecule has 130 valence electrons. The Morgan fingerprint density at radius 2 is 2.29 bits per heavy atom. The van der Waals surface area contributed by atoms with E-state index in [2.05, 4.69) is 6.07 Å². The molecule has 1 aromatic carbocycles. The second kappa shape index (κ2) is 9.03. The van der Waals surface area contributed by atoms with Gasteiger partial charge in [-0.05, 0) is 50.1 Å². The Hall–Kier alpha value is -1.61. The Bertz CT molecular complexity index is 615. The van der Waals surface area contributed by atoms with Crippen LogP contribution in [0.15, 0.2) is 18.2 Å². The minimum atomic E-state index is -0.0488. The van der Waals surface area contributed by atoms with Gasteiger partial charge in [0.15, 0.2) is 0 Å². The maximum Gasteiger partial charge on any atom is 0.241 e. The van der Waals surface area contributed by atoms with E-state index in [4.69, 9.17) is 16.9 Å². The van der Waals surface area contributed by atoms with Gasteiger partial charge in [0, 0.05) is 23.3 Å². The zero-order valence-electron chi connectivity index (χ0n) is 14.0. The average Bonchev–Trinajstić information content (AvgIpc) is 2.58. The van der Waals surface area contributed by atoms with Crippen molar-refractivity contribution in [2.75, 3.05) is 31.1 Å². The molecule has 1 atom stereocenters. The highest BCUT2D eigenvalue weighted by Crippen LogP contribution is 2.24. The predicted molar refractivity (Wildman–Crippen MR) is 95.1 cm³/mol. The zero-order chi connectivity index (χ0) is 17.5. The first-order valence-electron chi connectivity index (χ1n) is 8.35. The maximum absolute atomic E-state index is 12.8. The molecule has 1 N–H and O–H groups in total. The Labute approximate surface area is 148 Å². The molecule has 5 nitrogen and oxygen atoms in total. The fourth-order valence-electron chi connectivity index (χ4n) is 3.09. The molecule has 1 fully saturated rings. The van der Waals surface area contributed by atoms with E-state index >= 15 is 0 Å². The van der Waals surface area contributed by atoms with Crippen LogP contribution in [0.5, 0.6) is 0 Å². The zero-order valence-corrected chi connectivity index (χ0v) is 14.8. The topological polar surface area (TPSA) is 67.6 Å². The second-order valence-electron chi connectivity index (χ2n) is 6.19. The first-order chi connectivity index (χ1) is 11.6. The van der Waals surface area contributed by atoms with Crippen LogP contribution in [-0.4, -0.2) is 48.2 Å². The van der Waals surface area contributed by atoms with Gasteiger partial charge in [0.1, 0.15) is 0 Å². The van der Waals surface area contributed by atoms with Gasteiger partial charge < -0.3 is 10.0 Å². The van der Waals surface area contributed by atoms with E-state index in [0.29, 0.717) is 11.6 Å². The predicted octanol–water partition coefficient (Wildman–Crippen LogP) is 2.74. The van der Waals surface area contributed by atoms with Crippen LogP contribution in [0.2, 0.25) is 5.02 Å². The van der Waals surface area contributed by atoms with Gasteiger partial charge in [-0.1, -0.05) is 18.0 Å². The van der Waals surface area contributed by atoms with Gasteiger partial charge in [-0.2, -0.15) is 5.26 Å². The molecular weight excluding hydrogens is 326 g/mol. The summed E-state index contributed by atoms with van der Waals surface area (Å²) < 4.78 is 0. The highest BCUT2D eigenvalue weighted by molar-refractivity contribution is 6.31. The number of aryl methyl sites for hydroxylation is 1. The highest BCUT2D eigenvalue weighted by atomic mass is 35.5. The number of hydrogen-bond acceptors (Lipinski definition) is 4. The third kappa shape index (κ3) is 4.70. The monoisotopic (exact) mass is 349 g/mol. The molecule has 2 rings (SSSR count). The number of carbonyl (C=O) groups is 1. The molecule has 0 radical (unpaired) electrons. The number of benzene rings is 1. The molecule has 0 aromatic heterocycles. The van der Waals surface area contributed by atoms with Crippen molar-refractivity contribution < 1.29 is 9.90 Å². The molecule has 0 bridgehead atoms. The summed E-state index contributed by atoms with van der Waals surface area (Å²) in [5.74, 6) is -0.0488. The molecule has 1 aliphatic rings. The molecule has 1 unspecified atom stereocenters. The number of nitriles is 1. The third-order valence-corrected chi connectivity index (χ3v) is 4.92. The Morgan fingerprint density at radius 3 is 2.96 bits per heavy atom. The number of rotatable bonds is 6. The second-order valence-corrected chi connectivity index (χ2v) is 6.60. The van der Waals surface area contributed by atoms with Gasteiger partial charge in [0.25, 0.3) is 0 Å². The molecule has 0 spiro atoms. The summed E-state index contributed by atoms with van der Waals surface area (Å²) in [6, 6.07) is 7.60. The van der Waals surface area contributed by atoms with Gasteiger partial charge in [-0.3, -0.25) is 9.69 Å². The Kier molecular flexibility index (Phi) is 7.04. The van der Waals surface area contributed by atoms with Crippen molar-refractivity contribution in [2.24, 2.45) is 0 Å². The Morgan fingerprint density at radius 1 is 1.50 bits per heavy atom. The molecule has 1 heterocycles. The first-order valence-corrected chi connectivity index (χ1v) is 8.73. The summed E-state index contributed by atoms with van der Waals surface area (Å²) in [6.45, 7) is 3.41. The molecule has 1 saturated heterocycles. The molecule has 6 heteroatoms. The van der Waals surface area contributed by atoms with Crippen molar-refractivity contribution in [1.29, 1.82) is 5.26 Å². The summed E-state index contributed by atoms with van der Waals surface area (Å²) in [6.07, 6.45) is 3.32. The van der Waals surface area contributed by atoms with Crippen molar-refractivity contribution >= 4 is 23.2 Å². The summed E-state index contributed by atoms with van der Waals surface area (Å²) >= 11 is 6.07. The van der Waals surface area contributed by atoms with Crippen LogP contribution >= 0.6 is 11.6 Å². The lowest BCUT2D eigenvalue weighted by molar-refractivity contribution is -0.120. The fraction of sp³-hybridized carbons (Fsp3) is 0.556. The SMILES string of the molecule is Cc1cc(N(CCC#N)C(=O)CN2CCCCC2CO)ccc1Cl. The summed E-state index contributed by atoms with van der Waals surface area (Å²) in [5.41, 5.74) is 1.66. The molecule has 1 aliphatic heterocycles. The van der Waals surface area contributed by atoms with Gasteiger partial charge in [0.05, 0.1) is 25.6 Å². The van der Waals surface area contributed by atoms with Gasteiger partial charge in [0.2, 0.25) is 5.91 Å². The number of piperidine rings is 1. The number of aliphatic hydroxyl groups excluding tert-OH is 1. The van der Waals surface area contributed by atoms with Crippen LogP contribution in [-0.2, 0) is 4.79 Å². The van der Waals surface area contributed by atoms with Crippen molar-refractivity contribution in [3.8, 4) is 6.07 Å². The molecule has 1 amide bonds. The van der Waals surface area contributed by atoms with Gasteiger partial charge >= 0.3 is 0 Å². The van der Waals surface area contributed by atoms with E-state index in [1.807, 2.05) is 24.0 Å². The lowest BCUT2D eigenvalue weighted by atomic mass is 10.0. The quantitative estimate of drug-likeness (QED) is 0.857. The van der Waals surface area contributed by atoms with E-state index in [1.165, 1.54) is 0 Å². The number of halogens is 1. The molecule has 0 aliphatic carbocycles. The van der Waals surface area contributed by atoms with E-state index in [9.17, 15) is 9.90 Å². The van der Waals surface area contributed by atoms with Crippen molar-refractivity contribution in [3.05, 3.63) is 28.8 Å². The lowest BCUT2D eigenvalue weighted by Crippen LogP contribution is -2.48. The summed E-state index contributed by atoms with van der Waals surface area (Å²) in [7, 11) is 0. The van der Waals surface area contributed by atoms with Crippen LogP contribution in [0.1, 0.15) is 31.2 Å². The van der Waals surface area contributed by atoms with Crippen LogP contribution in [0.25, 0.3) is 0 Å². The lowest BCUT2D eigenvalue weighted by Gasteiger charge is -2.35. The largest absolute Gasteiger partial charge is 0.395 e. The summed E-state index contributed by atoms with van der Waals surface area (Å²) in [4.78, 5) is 16.5. The maximum atomic E-state index is 12.8. The highest BCUT2D eigenvalue weighted by Gasteiger charge is 2.26. The molecular formula is C18H24ClN3O2. The van der Waals surface area contributed by atoms with Gasteiger partial charge in [-0.15, -0.1) is 0 Å². The number of anilines is 1. The first kappa shape index (κ1) is 18.7.